The maximum atomic E-state index is 11.9. The lowest BCUT2D eigenvalue weighted by Crippen LogP contribution is -2.31. The number of aromatic nitrogens is 2. The maximum Gasteiger partial charge on any atom is 0.322 e. The summed E-state index contributed by atoms with van der Waals surface area (Å²) in [6.45, 7) is 2.15. The van der Waals surface area contributed by atoms with Gasteiger partial charge in [0.25, 0.3) is 0 Å². The lowest BCUT2D eigenvalue weighted by Gasteiger charge is -2.16. The molecular formula is C12H13ClN4O2. The molecule has 6 nitrogen and oxygen atoms in total. The molecule has 2 rings (SSSR count). The lowest BCUT2D eigenvalue weighted by molar-refractivity contribution is 0.219. The van der Waals surface area contributed by atoms with Gasteiger partial charge >= 0.3 is 6.03 Å². The molecule has 0 saturated carbocycles. The average molecular weight is 281 g/mol. The molecule has 0 aliphatic rings. The van der Waals surface area contributed by atoms with Crippen LogP contribution in [0, 0.1) is 6.92 Å². The van der Waals surface area contributed by atoms with Gasteiger partial charge in [-0.05, 0) is 19.1 Å². The van der Waals surface area contributed by atoms with Crippen molar-refractivity contribution in [3.05, 3.63) is 41.0 Å². The Hall–Kier alpha value is -2.08. The number of halogens is 1. The summed E-state index contributed by atoms with van der Waals surface area (Å²) in [5.41, 5.74) is 1.16. The Morgan fingerprint density at radius 3 is 3.00 bits per heavy atom. The second-order valence-electron chi connectivity index (χ2n) is 4.06. The number of hydrogen-bond donors (Lipinski definition) is 1. The van der Waals surface area contributed by atoms with Gasteiger partial charge in [-0.3, -0.25) is 0 Å². The maximum absolute atomic E-state index is 11.9. The van der Waals surface area contributed by atoms with Gasteiger partial charge in [-0.2, -0.15) is 0 Å². The number of pyridine rings is 1. The number of carbonyl (C=O) groups excluding carboxylic acids is 1. The fraction of sp³-hybridized carbons (Fsp3) is 0.250. The molecule has 1 N–H and O–H groups in total. The van der Waals surface area contributed by atoms with E-state index in [0.29, 0.717) is 23.7 Å². The number of nitrogens with zero attached hydrogens (tertiary/aromatic N) is 3. The van der Waals surface area contributed by atoms with Crippen molar-refractivity contribution in [2.24, 2.45) is 0 Å². The summed E-state index contributed by atoms with van der Waals surface area (Å²) in [6.07, 6.45) is 1.56. The molecule has 0 aromatic carbocycles. The van der Waals surface area contributed by atoms with E-state index in [9.17, 15) is 4.79 Å². The third kappa shape index (κ3) is 3.45. The quantitative estimate of drug-likeness (QED) is 0.878. The molecule has 2 aromatic rings. The van der Waals surface area contributed by atoms with E-state index < -0.39 is 0 Å². The molecule has 0 bridgehead atoms. The molecular weight excluding hydrogens is 268 g/mol. The number of carbonyl (C=O) groups is 1. The van der Waals surface area contributed by atoms with Crippen molar-refractivity contribution in [3.63, 3.8) is 0 Å². The number of aryl methyl sites for hydroxylation is 1. The van der Waals surface area contributed by atoms with Crippen molar-refractivity contribution in [1.29, 1.82) is 0 Å². The number of urea groups is 1. The van der Waals surface area contributed by atoms with Gasteiger partial charge in [0, 0.05) is 19.3 Å². The summed E-state index contributed by atoms with van der Waals surface area (Å²) < 4.78 is 4.94. The molecule has 19 heavy (non-hydrogen) atoms. The molecule has 7 heteroatoms. The second kappa shape index (κ2) is 5.71. The Morgan fingerprint density at radius 2 is 2.37 bits per heavy atom. The highest BCUT2D eigenvalue weighted by Gasteiger charge is 2.13. The van der Waals surface area contributed by atoms with Crippen LogP contribution in [-0.2, 0) is 6.54 Å². The van der Waals surface area contributed by atoms with Crippen molar-refractivity contribution in [2.75, 3.05) is 12.4 Å². The van der Waals surface area contributed by atoms with Crippen LogP contribution in [0.4, 0.5) is 10.5 Å². The average Bonchev–Trinajstić information content (AvgIpc) is 2.77. The molecule has 2 aromatic heterocycles. The van der Waals surface area contributed by atoms with E-state index in [-0.39, 0.29) is 11.2 Å². The van der Waals surface area contributed by atoms with Crippen molar-refractivity contribution in [3.8, 4) is 0 Å². The van der Waals surface area contributed by atoms with E-state index in [0.717, 1.165) is 0 Å². The molecule has 0 atom stereocenters. The van der Waals surface area contributed by atoms with Gasteiger partial charge in [-0.1, -0.05) is 16.8 Å². The molecule has 0 saturated heterocycles. The summed E-state index contributed by atoms with van der Waals surface area (Å²) in [5, 5.41) is 6.75. The van der Waals surface area contributed by atoms with Crippen molar-refractivity contribution in [2.45, 2.75) is 13.5 Å². The second-order valence-corrected chi connectivity index (χ2v) is 4.41. The zero-order chi connectivity index (χ0) is 13.8. The smallest absolute Gasteiger partial charge is 0.322 e. The molecule has 0 fully saturated rings. The number of hydrogen-bond acceptors (Lipinski definition) is 4. The first kappa shape index (κ1) is 13.4. The van der Waals surface area contributed by atoms with Gasteiger partial charge in [0.15, 0.2) is 5.15 Å². The van der Waals surface area contributed by atoms with Crippen LogP contribution >= 0.6 is 11.6 Å². The van der Waals surface area contributed by atoms with E-state index >= 15 is 0 Å². The van der Waals surface area contributed by atoms with Crippen LogP contribution < -0.4 is 5.32 Å². The molecule has 2 amide bonds. The Balaban J connectivity index is 1.98. The van der Waals surface area contributed by atoms with Gasteiger partial charge in [0.05, 0.1) is 12.2 Å². The Bertz CT molecular complexity index is 585. The first-order valence-electron chi connectivity index (χ1n) is 5.61. The Morgan fingerprint density at radius 1 is 1.58 bits per heavy atom. The summed E-state index contributed by atoms with van der Waals surface area (Å²) in [5.74, 6) is 0.708. The Kier molecular flexibility index (Phi) is 4.01. The van der Waals surface area contributed by atoms with Crippen LogP contribution in [0.25, 0.3) is 0 Å². The van der Waals surface area contributed by atoms with Crippen LogP contribution in [0.2, 0.25) is 5.15 Å². The van der Waals surface area contributed by atoms with E-state index in [4.69, 9.17) is 16.1 Å². The summed E-state index contributed by atoms with van der Waals surface area (Å²) in [6, 6.07) is 4.86. The minimum absolute atomic E-state index is 0.251. The molecule has 2 heterocycles. The predicted octanol–water partition coefficient (Wildman–Crippen LogP) is 2.70. The number of rotatable bonds is 3. The lowest BCUT2D eigenvalue weighted by atomic mass is 10.3. The number of anilines is 1. The molecule has 0 radical (unpaired) electrons. The van der Waals surface area contributed by atoms with Gasteiger partial charge in [-0.25, -0.2) is 9.78 Å². The molecule has 0 aliphatic carbocycles. The van der Waals surface area contributed by atoms with Crippen molar-refractivity contribution < 1.29 is 9.32 Å². The van der Waals surface area contributed by atoms with E-state index in [1.807, 2.05) is 0 Å². The normalized spacial score (nSPS) is 10.3. The third-order valence-electron chi connectivity index (χ3n) is 2.42. The van der Waals surface area contributed by atoms with Gasteiger partial charge < -0.3 is 14.7 Å². The molecule has 100 valence electrons. The minimum Gasteiger partial charge on any atom is -0.361 e. The standard InChI is InChI=1S/C12H13ClN4O2/c1-8-6-9(16-19-8)7-17(2)12(18)15-10-4-3-5-14-11(10)13/h3-6H,7H2,1-2H3,(H,15,18). The SMILES string of the molecule is Cc1cc(CN(C)C(=O)Nc2cccnc2Cl)no1. The predicted molar refractivity (Wildman–Crippen MR) is 71.0 cm³/mol. The van der Waals surface area contributed by atoms with Crippen LogP contribution in [-0.4, -0.2) is 28.1 Å². The molecule has 0 spiro atoms. The van der Waals surface area contributed by atoms with Crippen LogP contribution in [0.3, 0.4) is 0 Å². The van der Waals surface area contributed by atoms with E-state index in [1.54, 1.807) is 38.4 Å². The van der Waals surface area contributed by atoms with E-state index in [1.165, 1.54) is 4.90 Å². The highest BCUT2D eigenvalue weighted by Crippen LogP contribution is 2.18. The fourth-order valence-electron chi connectivity index (χ4n) is 1.50. The van der Waals surface area contributed by atoms with E-state index in [2.05, 4.69) is 15.5 Å². The third-order valence-corrected chi connectivity index (χ3v) is 2.72. The molecule has 0 aliphatic heterocycles. The topological polar surface area (TPSA) is 71.3 Å². The first-order valence-corrected chi connectivity index (χ1v) is 5.99. The van der Waals surface area contributed by atoms with Crippen LogP contribution in [0.1, 0.15) is 11.5 Å². The van der Waals surface area contributed by atoms with Crippen LogP contribution in [0.5, 0.6) is 0 Å². The number of amides is 2. The summed E-state index contributed by atoms with van der Waals surface area (Å²) in [4.78, 5) is 17.3. The highest BCUT2D eigenvalue weighted by molar-refractivity contribution is 6.32. The van der Waals surface area contributed by atoms with Gasteiger partial charge in [-0.15, -0.1) is 0 Å². The Labute approximate surface area is 115 Å². The van der Waals surface area contributed by atoms with Gasteiger partial charge in [0.1, 0.15) is 11.5 Å². The fourth-order valence-corrected chi connectivity index (χ4v) is 1.66. The highest BCUT2D eigenvalue weighted by atomic mass is 35.5. The largest absolute Gasteiger partial charge is 0.361 e. The first-order chi connectivity index (χ1) is 9.06. The monoisotopic (exact) mass is 280 g/mol. The van der Waals surface area contributed by atoms with Crippen LogP contribution in [0.15, 0.2) is 28.9 Å². The molecule has 0 unspecified atom stereocenters. The minimum atomic E-state index is -0.296. The van der Waals surface area contributed by atoms with Gasteiger partial charge in [0.2, 0.25) is 0 Å². The summed E-state index contributed by atoms with van der Waals surface area (Å²) in [7, 11) is 1.66. The zero-order valence-corrected chi connectivity index (χ0v) is 11.3. The van der Waals surface area contributed by atoms with Crippen molar-refractivity contribution in [1.82, 2.24) is 15.0 Å². The van der Waals surface area contributed by atoms with Crippen molar-refractivity contribution >= 4 is 23.3 Å². The summed E-state index contributed by atoms with van der Waals surface area (Å²) >= 11 is 5.86. The zero-order valence-electron chi connectivity index (χ0n) is 10.6. The number of nitrogens with one attached hydrogen (secondary N) is 1.